The fourth-order valence-corrected chi connectivity index (χ4v) is 1.58. The van der Waals surface area contributed by atoms with Crippen molar-refractivity contribution in [3.05, 3.63) is 23.8 Å². The third kappa shape index (κ3) is 1.95. The first kappa shape index (κ1) is 11.1. The summed E-state index contributed by atoms with van der Waals surface area (Å²) in [5, 5.41) is 3.03. The van der Waals surface area contributed by atoms with Crippen LogP contribution in [-0.2, 0) is 0 Å². The Morgan fingerprint density at radius 1 is 1.31 bits per heavy atom. The Hall–Kier alpha value is -1.36. The summed E-state index contributed by atoms with van der Waals surface area (Å²) in [6.45, 7) is 3.12. The molecule has 0 saturated carbocycles. The Morgan fingerprint density at radius 2 is 2.00 bits per heavy atom. The Kier molecular flexibility index (Phi) is 2.71. The van der Waals surface area contributed by atoms with E-state index in [1.165, 1.54) is 7.11 Å². The highest BCUT2D eigenvalue weighted by molar-refractivity contribution is 5.42. The third-order valence-electron chi connectivity index (χ3n) is 2.54. The Bertz CT molecular complexity index is 405. The van der Waals surface area contributed by atoms with Crippen LogP contribution in [0.25, 0.3) is 0 Å². The van der Waals surface area contributed by atoms with Gasteiger partial charge in [-0.05, 0) is 6.92 Å². The van der Waals surface area contributed by atoms with Crippen LogP contribution in [0.2, 0.25) is 0 Å². The molecule has 0 bridgehead atoms. The normalized spacial score (nSPS) is 17.8. The van der Waals surface area contributed by atoms with Crippen LogP contribution in [0, 0.1) is 11.6 Å². The summed E-state index contributed by atoms with van der Waals surface area (Å²) in [5.74, 6) is -1.39. The van der Waals surface area contributed by atoms with Crippen LogP contribution in [0.15, 0.2) is 12.1 Å². The summed E-state index contributed by atoms with van der Waals surface area (Å²) < 4.78 is 36.9. The maximum Gasteiger partial charge on any atom is 0.198 e. The zero-order valence-electron chi connectivity index (χ0n) is 9.14. The van der Waals surface area contributed by atoms with Crippen LogP contribution in [0.5, 0.6) is 11.5 Å². The molecule has 1 heterocycles. The molecule has 1 N–H and O–H groups in total. The number of ether oxygens (including phenoxy) is 2. The van der Waals surface area contributed by atoms with E-state index >= 15 is 0 Å². The van der Waals surface area contributed by atoms with Crippen molar-refractivity contribution in [1.82, 2.24) is 5.32 Å². The molecule has 1 aromatic rings. The van der Waals surface area contributed by atoms with Gasteiger partial charge in [0.25, 0.3) is 0 Å². The maximum atomic E-state index is 13.5. The number of nitrogens with one attached hydrogen (secondary N) is 1. The van der Waals surface area contributed by atoms with E-state index in [9.17, 15) is 8.78 Å². The van der Waals surface area contributed by atoms with E-state index in [1.807, 2.05) is 6.92 Å². The van der Waals surface area contributed by atoms with E-state index in [2.05, 4.69) is 5.32 Å². The summed E-state index contributed by atoms with van der Waals surface area (Å²) in [4.78, 5) is 0. The van der Waals surface area contributed by atoms with Crippen LogP contribution in [0.1, 0.15) is 6.92 Å². The molecule has 88 valence electrons. The second kappa shape index (κ2) is 3.90. The minimum absolute atomic E-state index is 0.0344. The van der Waals surface area contributed by atoms with E-state index in [0.717, 1.165) is 12.1 Å². The van der Waals surface area contributed by atoms with Crippen LogP contribution in [0.3, 0.4) is 0 Å². The van der Waals surface area contributed by atoms with Crippen LogP contribution in [0.4, 0.5) is 8.78 Å². The predicted octanol–water partition coefficient (Wildman–Crippen LogP) is 1.71. The second-order valence-corrected chi connectivity index (χ2v) is 4.07. The van der Waals surface area contributed by atoms with Crippen LogP contribution in [-0.4, -0.2) is 25.8 Å². The number of benzene rings is 1. The lowest BCUT2D eigenvalue weighted by Crippen LogP contribution is -2.61. The van der Waals surface area contributed by atoms with Gasteiger partial charge in [-0.3, -0.25) is 0 Å². The minimum atomic E-state index is -0.745. The molecule has 1 aliphatic rings. The predicted molar refractivity (Wildman–Crippen MR) is 54.8 cm³/mol. The zero-order valence-corrected chi connectivity index (χ0v) is 9.14. The van der Waals surface area contributed by atoms with Crippen molar-refractivity contribution >= 4 is 0 Å². The summed E-state index contributed by atoms with van der Waals surface area (Å²) >= 11 is 0. The van der Waals surface area contributed by atoms with Gasteiger partial charge in [0.1, 0.15) is 11.4 Å². The summed E-state index contributed by atoms with van der Waals surface area (Å²) in [5.41, 5.74) is -0.452. The molecule has 5 heteroatoms. The second-order valence-electron chi connectivity index (χ2n) is 4.07. The molecule has 0 radical (unpaired) electrons. The molecule has 1 aliphatic heterocycles. The third-order valence-corrected chi connectivity index (χ3v) is 2.54. The molecule has 0 amide bonds. The highest BCUT2D eigenvalue weighted by atomic mass is 19.1. The van der Waals surface area contributed by atoms with Gasteiger partial charge in [0, 0.05) is 25.2 Å². The summed E-state index contributed by atoms with van der Waals surface area (Å²) in [6, 6.07) is 1.89. The van der Waals surface area contributed by atoms with Gasteiger partial charge < -0.3 is 14.8 Å². The largest absolute Gasteiger partial charge is 0.493 e. The average Bonchev–Trinajstić information content (AvgIpc) is 2.19. The topological polar surface area (TPSA) is 30.5 Å². The summed E-state index contributed by atoms with van der Waals surface area (Å²) in [6.07, 6.45) is 0. The fourth-order valence-electron chi connectivity index (χ4n) is 1.58. The standard InChI is InChI=1S/C11H13F2NO2/c1-11(5-14-6-11)16-10-8(13)3-7(12)4-9(10)15-2/h3-4,14H,5-6H2,1-2H3. The lowest BCUT2D eigenvalue weighted by Gasteiger charge is -2.39. The Labute approximate surface area is 92.4 Å². The molecule has 0 unspecified atom stereocenters. The average molecular weight is 229 g/mol. The quantitative estimate of drug-likeness (QED) is 0.856. The molecular formula is C11H13F2NO2. The first-order chi connectivity index (χ1) is 7.54. The van der Waals surface area contributed by atoms with Crippen molar-refractivity contribution in [2.24, 2.45) is 0 Å². The molecular weight excluding hydrogens is 216 g/mol. The number of hydrogen-bond acceptors (Lipinski definition) is 3. The van der Waals surface area contributed by atoms with Gasteiger partial charge in [0.2, 0.25) is 0 Å². The molecule has 3 nitrogen and oxygen atoms in total. The molecule has 16 heavy (non-hydrogen) atoms. The lowest BCUT2D eigenvalue weighted by molar-refractivity contribution is 0.0284. The van der Waals surface area contributed by atoms with Crippen molar-refractivity contribution in [2.45, 2.75) is 12.5 Å². The van der Waals surface area contributed by atoms with Gasteiger partial charge in [0.15, 0.2) is 17.3 Å². The molecule has 0 aromatic heterocycles. The molecule has 1 fully saturated rings. The molecule has 0 spiro atoms. The van der Waals surface area contributed by atoms with E-state index in [4.69, 9.17) is 9.47 Å². The Balaban J connectivity index is 2.31. The Morgan fingerprint density at radius 3 is 2.50 bits per heavy atom. The number of hydrogen-bond donors (Lipinski definition) is 1. The monoisotopic (exact) mass is 229 g/mol. The van der Waals surface area contributed by atoms with Gasteiger partial charge in [-0.25, -0.2) is 8.78 Å². The highest BCUT2D eigenvalue weighted by Crippen LogP contribution is 2.34. The fraction of sp³-hybridized carbons (Fsp3) is 0.455. The van der Waals surface area contributed by atoms with Gasteiger partial charge in [-0.15, -0.1) is 0 Å². The first-order valence-electron chi connectivity index (χ1n) is 4.97. The highest BCUT2D eigenvalue weighted by Gasteiger charge is 2.35. The smallest absolute Gasteiger partial charge is 0.198 e. The van der Waals surface area contributed by atoms with Crippen molar-refractivity contribution in [3.63, 3.8) is 0 Å². The molecule has 1 saturated heterocycles. The van der Waals surface area contributed by atoms with Gasteiger partial charge in [0.05, 0.1) is 7.11 Å². The molecule has 0 aliphatic carbocycles. The number of methoxy groups -OCH3 is 1. The van der Waals surface area contributed by atoms with E-state index < -0.39 is 17.2 Å². The van der Waals surface area contributed by atoms with E-state index in [1.54, 1.807) is 0 Å². The SMILES string of the molecule is COc1cc(F)cc(F)c1OC1(C)CNC1. The van der Waals surface area contributed by atoms with Crippen LogP contribution >= 0.6 is 0 Å². The van der Waals surface area contributed by atoms with Gasteiger partial charge >= 0.3 is 0 Å². The number of halogens is 2. The first-order valence-corrected chi connectivity index (χ1v) is 4.97. The zero-order chi connectivity index (χ0) is 11.8. The van der Waals surface area contributed by atoms with Crippen molar-refractivity contribution in [2.75, 3.05) is 20.2 Å². The maximum absolute atomic E-state index is 13.5. The summed E-state index contributed by atoms with van der Waals surface area (Å²) in [7, 11) is 1.35. The van der Waals surface area contributed by atoms with Gasteiger partial charge in [-0.2, -0.15) is 0 Å². The molecule has 1 aromatic carbocycles. The number of rotatable bonds is 3. The van der Waals surface area contributed by atoms with Crippen molar-refractivity contribution in [3.8, 4) is 11.5 Å². The molecule has 0 atom stereocenters. The van der Waals surface area contributed by atoms with E-state index in [-0.39, 0.29) is 11.5 Å². The van der Waals surface area contributed by atoms with Crippen molar-refractivity contribution < 1.29 is 18.3 Å². The molecule has 2 rings (SSSR count). The van der Waals surface area contributed by atoms with Crippen molar-refractivity contribution in [1.29, 1.82) is 0 Å². The lowest BCUT2D eigenvalue weighted by atomic mass is 10.00. The minimum Gasteiger partial charge on any atom is -0.493 e. The van der Waals surface area contributed by atoms with E-state index in [0.29, 0.717) is 13.1 Å². The van der Waals surface area contributed by atoms with Gasteiger partial charge in [-0.1, -0.05) is 0 Å². The van der Waals surface area contributed by atoms with Crippen LogP contribution < -0.4 is 14.8 Å².